The second-order valence-corrected chi connectivity index (χ2v) is 2.97. The van der Waals surface area contributed by atoms with Crippen molar-refractivity contribution in [1.82, 2.24) is 10.1 Å². The van der Waals surface area contributed by atoms with Crippen molar-refractivity contribution in [2.45, 2.75) is 20.0 Å². The largest absolute Gasteiger partial charge is 0.372 e. The average Bonchev–Trinajstić information content (AvgIpc) is 2.37. The van der Waals surface area contributed by atoms with Crippen LogP contribution in [0.2, 0.25) is 0 Å². The Morgan fingerprint density at radius 3 is 3.00 bits per heavy atom. The van der Waals surface area contributed by atoms with Crippen LogP contribution in [0.3, 0.4) is 0 Å². The summed E-state index contributed by atoms with van der Waals surface area (Å²) in [6.07, 6.45) is 1.01. The number of nitrogens with zero attached hydrogens (tertiary/aromatic N) is 2. The smallest absolute Gasteiger partial charge is 0.253 e. The predicted molar refractivity (Wildman–Crippen MR) is 47.0 cm³/mol. The summed E-state index contributed by atoms with van der Waals surface area (Å²) in [5.41, 5.74) is 0. The number of ether oxygens (including phenoxy) is 1. The fourth-order valence-electron chi connectivity index (χ4n) is 0.597. The van der Waals surface area contributed by atoms with Gasteiger partial charge in [0.1, 0.15) is 6.61 Å². The monoisotopic (exact) mass is 268 g/mol. The maximum atomic E-state index is 5.18. The molecule has 0 bridgehead atoms. The second kappa shape index (κ2) is 4.66. The topological polar surface area (TPSA) is 48.2 Å². The zero-order valence-corrected chi connectivity index (χ0v) is 8.37. The van der Waals surface area contributed by atoms with Gasteiger partial charge >= 0.3 is 0 Å². The molecule has 0 amide bonds. The fourth-order valence-corrected chi connectivity index (χ4v) is 0.964. The summed E-state index contributed by atoms with van der Waals surface area (Å²) >= 11 is 1.99. The van der Waals surface area contributed by atoms with Crippen molar-refractivity contribution in [3.05, 3.63) is 9.72 Å². The lowest BCUT2D eigenvalue weighted by atomic mass is 10.5. The first-order valence-electron chi connectivity index (χ1n) is 3.38. The van der Waals surface area contributed by atoms with E-state index in [1.54, 1.807) is 0 Å². The zero-order valence-electron chi connectivity index (χ0n) is 6.21. The summed E-state index contributed by atoms with van der Waals surface area (Å²) in [4.78, 5) is 3.97. The normalized spacial score (nSPS) is 10.4. The minimum absolute atomic E-state index is 0.420. The number of hydrogen-bond acceptors (Lipinski definition) is 4. The number of aromatic nitrogens is 2. The molecule has 62 valence electrons. The Hall–Kier alpha value is -0.170. The molecule has 0 fully saturated rings. The molecule has 0 spiro atoms. The number of rotatable bonds is 4. The zero-order chi connectivity index (χ0) is 8.10. The average molecular weight is 268 g/mol. The van der Waals surface area contributed by atoms with E-state index in [4.69, 9.17) is 9.26 Å². The van der Waals surface area contributed by atoms with E-state index in [0.29, 0.717) is 16.3 Å². The Balaban J connectivity index is 2.27. The third-order valence-corrected chi connectivity index (χ3v) is 1.46. The van der Waals surface area contributed by atoms with Crippen molar-refractivity contribution in [2.24, 2.45) is 0 Å². The van der Waals surface area contributed by atoms with Gasteiger partial charge in [0, 0.05) is 29.2 Å². The van der Waals surface area contributed by atoms with E-state index < -0.39 is 0 Å². The van der Waals surface area contributed by atoms with Gasteiger partial charge < -0.3 is 9.26 Å². The second-order valence-electron chi connectivity index (χ2n) is 2.01. The van der Waals surface area contributed by atoms with Gasteiger partial charge in [0.2, 0.25) is 3.83 Å². The third-order valence-electron chi connectivity index (χ3n) is 1.02. The molecule has 1 heterocycles. The van der Waals surface area contributed by atoms with E-state index in [0.717, 1.165) is 13.0 Å². The molecule has 0 aliphatic carbocycles. The first kappa shape index (κ1) is 8.92. The highest BCUT2D eigenvalue weighted by atomic mass is 127. The van der Waals surface area contributed by atoms with E-state index in [1.807, 2.05) is 22.6 Å². The molecule has 4 nitrogen and oxygen atoms in total. The van der Waals surface area contributed by atoms with Crippen molar-refractivity contribution in [3.63, 3.8) is 0 Å². The van der Waals surface area contributed by atoms with Crippen LogP contribution in [-0.2, 0) is 11.3 Å². The van der Waals surface area contributed by atoms with Crippen LogP contribution < -0.4 is 0 Å². The third kappa shape index (κ3) is 3.15. The lowest BCUT2D eigenvalue weighted by molar-refractivity contribution is 0.0981. The summed E-state index contributed by atoms with van der Waals surface area (Å²) < 4.78 is 10.6. The molecule has 0 radical (unpaired) electrons. The van der Waals surface area contributed by atoms with Gasteiger partial charge in [0.05, 0.1) is 0 Å². The van der Waals surface area contributed by atoms with Crippen LogP contribution in [0.4, 0.5) is 0 Å². The van der Waals surface area contributed by atoms with E-state index in [2.05, 4.69) is 17.1 Å². The number of hydrogen-bond donors (Lipinski definition) is 0. The summed E-state index contributed by atoms with van der Waals surface area (Å²) in [6.45, 7) is 3.21. The molecule has 0 unspecified atom stereocenters. The molecular weight excluding hydrogens is 259 g/mol. The summed E-state index contributed by atoms with van der Waals surface area (Å²) in [5.74, 6) is 0.544. The van der Waals surface area contributed by atoms with Gasteiger partial charge in [-0.1, -0.05) is 12.1 Å². The molecule has 0 saturated heterocycles. The molecule has 0 N–H and O–H groups in total. The molecule has 1 rings (SSSR count). The van der Waals surface area contributed by atoms with Crippen LogP contribution in [0.15, 0.2) is 4.52 Å². The van der Waals surface area contributed by atoms with E-state index in [9.17, 15) is 0 Å². The molecule has 1 aromatic rings. The highest BCUT2D eigenvalue weighted by Gasteiger charge is 2.01. The molecule has 0 aliphatic heterocycles. The fraction of sp³-hybridized carbons (Fsp3) is 0.667. The van der Waals surface area contributed by atoms with Gasteiger partial charge in [-0.25, -0.2) is 0 Å². The Morgan fingerprint density at radius 2 is 2.45 bits per heavy atom. The predicted octanol–water partition coefficient (Wildman–Crippen LogP) is 1.60. The van der Waals surface area contributed by atoms with Gasteiger partial charge in [-0.15, -0.1) is 0 Å². The first-order valence-corrected chi connectivity index (χ1v) is 4.46. The summed E-state index contributed by atoms with van der Waals surface area (Å²) in [7, 11) is 0. The Bertz CT molecular complexity index is 214. The quantitative estimate of drug-likeness (QED) is 0.614. The van der Waals surface area contributed by atoms with Crippen molar-refractivity contribution in [1.29, 1.82) is 0 Å². The molecule has 1 aromatic heterocycles. The van der Waals surface area contributed by atoms with Gasteiger partial charge in [0.25, 0.3) is 5.89 Å². The molecule has 11 heavy (non-hydrogen) atoms. The minimum Gasteiger partial charge on any atom is -0.372 e. The summed E-state index contributed by atoms with van der Waals surface area (Å²) in [5, 5.41) is 3.62. The Morgan fingerprint density at radius 1 is 1.64 bits per heavy atom. The van der Waals surface area contributed by atoms with Crippen molar-refractivity contribution in [3.8, 4) is 0 Å². The van der Waals surface area contributed by atoms with Gasteiger partial charge in [-0.3, -0.25) is 0 Å². The van der Waals surface area contributed by atoms with Crippen LogP contribution >= 0.6 is 22.6 Å². The van der Waals surface area contributed by atoms with Crippen LogP contribution in [0.25, 0.3) is 0 Å². The maximum absolute atomic E-state index is 5.18. The molecule has 5 heteroatoms. The Labute approximate surface area is 78.5 Å². The van der Waals surface area contributed by atoms with Crippen molar-refractivity contribution in [2.75, 3.05) is 6.61 Å². The van der Waals surface area contributed by atoms with Gasteiger partial charge in [0.15, 0.2) is 0 Å². The molecular formula is C6H9IN2O2. The van der Waals surface area contributed by atoms with Crippen LogP contribution in [0.1, 0.15) is 19.2 Å². The SMILES string of the molecule is CCCOCc1nc(I)no1. The standard InChI is InChI=1S/C6H9IN2O2/c1-2-3-10-4-5-8-6(7)9-11-5/h2-4H2,1H3. The first-order chi connectivity index (χ1) is 5.33. The maximum Gasteiger partial charge on any atom is 0.253 e. The molecule has 0 aromatic carbocycles. The lowest BCUT2D eigenvalue weighted by Crippen LogP contribution is -1.93. The summed E-state index contributed by atoms with van der Waals surface area (Å²) in [6, 6.07) is 0. The lowest BCUT2D eigenvalue weighted by Gasteiger charge is -1.94. The molecule has 0 saturated carbocycles. The Kier molecular flexibility index (Phi) is 3.78. The number of halogens is 1. The van der Waals surface area contributed by atoms with E-state index in [1.165, 1.54) is 0 Å². The van der Waals surface area contributed by atoms with E-state index >= 15 is 0 Å². The van der Waals surface area contributed by atoms with Crippen LogP contribution in [0.5, 0.6) is 0 Å². The van der Waals surface area contributed by atoms with Crippen molar-refractivity contribution < 1.29 is 9.26 Å². The molecule has 0 atom stereocenters. The molecule has 0 aliphatic rings. The van der Waals surface area contributed by atoms with Gasteiger partial charge in [-0.05, 0) is 6.42 Å². The van der Waals surface area contributed by atoms with Gasteiger partial charge in [-0.2, -0.15) is 4.98 Å². The minimum atomic E-state index is 0.420. The van der Waals surface area contributed by atoms with Crippen LogP contribution in [-0.4, -0.2) is 16.7 Å². The van der Waals surface area contributed by atoms with E-state index in [-0.39, 0.29) is 0 Å². The van der Waals surface area contributed by atoms with Crippen molar-refractivity contribution >= 4 is 22.6 Å². The van der Waals surface area contributed by atoms with Crippen LogP contribution in [0, 0.1) is 3.83 Å². The highest BCUT2D eigenvalue weighted by Crippen LogP contribution is 2.01. The highest BCUT2D eigenvalue weighted by molar-refractivity contribution is 14.1.